The molecule has 0 fully saturated rings. The highest BCUT2D eigenvalue weighted by atomic mass is 16.6. The quantitative estimate of drug-likeness (QED) is 0.293. The Morgan fingerprint density at radius 1 is 1.08 bits per heavy atom. The van der Waals surface area contributed by atoms with Gasteiger partial charge in [-0.05, 0) is 6.07 Å². The third kappa shape index (κ3) is 3.20. The van der Waals surface area contributed by atoms with Gasteiger partial charge in [-0.1, -0.05) is 30.9 Å². The number of rotatable bonds is 6. The molecule has 0 unspecified atom stereocenters. The Hall–Kier alpha value is -3.81. The molecule has 0 saturated heterocycles. The Kier molecular flexibility index (Phi) is 4.57. The van der Waals surface area contributed by atoms with Crippen molar-refractivity contribution in [2.45, 2.75) is 0 Å². The number of fused-ring (bicyclic) bond motifs is 1. The SMILES string of the molecule is C=CCOc1c[n+](-c2ccc([N+](=O)[O-])cc2[N+](=O)[O-])cc2ccccc12. The molecule has 130 valence electrons. The number of non-ortho nitro benzene ring substituents is 1. The summed E-state index contributed by atoms with van der Waals surface area (Å²) >= 11 is 0. The molecule has 3 aromatic rings. The van der Waals surface area contributed by atoms with Crippen LogP contribution in [0.3, 0.4) is 0 Å². The van der Waals surface area contributed by atoms with Crippen LogP contribution < -0.4 is 9.30 Å². The predicted molar refractivity (Wildman–Crippen MR) is 94.5 cm³/mol. The van der Waals surface area contributed by atoms with E-state index in [1.165, 1.54) is 16.7 Å². The van der Waals surface area contributed by atoms with Gasteiger partial charge in [0.05, 0.1) is 9.85 Å². The number of nitrogens with zero attached hydrogens (tertiary/aromatic N) is 3. The standard InChI is InChI=1S/C18H14N3O5/c1-2-9-26-18-12-19(11-13-5-3-4-6-15(13)18)16-8-7-14(20(22)23)10-17(16)21(24)25/h2-8,10-12H,1,9H2/q+1. The van der Waals surface area contributed by atoms with Crippen molar-refractivity contribution < 1.29 is 19.2 Å². The van der Waals surface area contributed by atoms with Crippen molar-refractivity contribution in [3.8, 4) is 11.4 Å². The topological polar surface area (TPSA) is 99.4 Å². The van der Waals surface area contributed by atoms with E-state index in [0.29, 0.717) is 5.75 Å². The highest BCUT2D eigenvalue weighted by Gasteiger charge is 2.27. The molecule has 0 amide bonds. The molecule has 3 rings (SSSR count). The Labute approximate surface area is 147 Å². The van der Waals surface area contributed by atoms with E-state index in [1.807, 2.05) is 24.3 Å². The van der Waals surface area contributed by atoms with Gasteiger partial charge in [-0.25, -0.2) is 0 Å². The first-order valence-corrected chi connectivity index (χ1v) is 7.62. The van der Waals surface area contributed by atoms with Gasteiger partial charge in [0.2, 0.25) is 6.20 Å². The lowest BCUT2D eigenvalue weighted by Gasteiger charge is -2.07. The summed E-state index contributed by atoms with van der Waals surface area (Å²) in [6.07, 6.45) is 4.92. The van der Waals surface area contributed by atoms with E-state index in [0.717, 1.165) is 16.8 Å². The van der Waals surface area contributed by atoms with E-state index in [4.69, 9.17) is 4.74 Å². The third-order valence-electron chi connectivity index (χ3n) is 3.76. The van der Waals surface area contributed by atoms with Crippen LogP contribution in [0, 0.1) is 20.2 Å². The first-order chi connectivity index (χ1) is 12.5. The fourth-order valence-corrected chi connectivity index (χ4v) is 2.61. The Morgan fingerprint density at radius 2 is 1.85 bits per heavy atom. The van der Waals surface area contributed by atoms with Gasteiger partial charge in [0, 0.05) is 22.9 Å². The van der Waals surface area contributed by atoms with Crippen LogP contribution in [0.5, 0.6) is 5.75 Å². The normalized spacial score (nSPS) is 10.5. The number of hydrogen-bond acceptors (Lipinski definition) is 5. The van der Waals surface area contributed by atoms with Crippen LogP contribution in [0.1, 0.15) is 0 Å². The number of pyridine rings is 1. The highest BCUT2D eigenvalue weighted by Crippen LogP contribution is 2.28. The van der Waals surface area contributed by atoms with Crippen molar-refractivity contribution in [3.05, 3.63) is 87.7 Å². The Balaban J connectivity index is 2.23. The van der Waals surface area contributed by atoms with Crippen LogP contribution in [0.4, 0.5) is 11.4 Å². The van der Waals surface area contributed by atoms with Gasteiger partial charge in [0.15, 0.2) is 11.9 Å². The smallest absolute Gasteiger partial charge is 0.347 e. The number of benzene rings is 2. The van der Waals surface area contributed by atoms with Crippen LogP contribution in [0.25, 0.3) is 16.5 Å². The number of nitro benzene ring substituents is 2. The molecule has 0 radical (unpaired) electrons. The number of nitro groups is 2. The maximum atomic E-state index is 11.4. The van der Waals surface area contributed by atoms with Crippen molar-refractivity contribution in [1.82, 2.24) is 0 Å². The van der Waals surface area contributed by atoms with Crippen LogP contribution in [0.2, 0.25) is 0 Å². The monoisotopic (exact) mass is 352 g/mol. The van der Waals surface area contributed by atoms with Gasteiger partial charge < -0.3 is 4.74 Å². The van der Waals surface area contributed by atoms with E-state index >= 15 is 0 Å². The second-order valence-electron chi connectivity index (χ2n) is 5.40. The van der Waals surface area contributed by atoms with Crippen molar-refractivity contribution in [2.24, 2.45) is 0 Å². The summed E-state index contributed by atoms with van der Waals surface area (Å²) in [5, 5.41) is 24.0. The molecule has 1 heterocycles. The molecule has 2 aromatic carbocycles. The summed E-state index contributed by atoms with van der Waals surface area (Å²) in [4.78, 5) is 21.0. The molecule has 0 aliphatic carbocycles. The largest absolute Gasteiger partial charge is 0.483 e. The fraction of sp³-hybridized carbons (Fsp3) is 0.0556. The average Bonchev–Trinajstić information content (AvgIpc) is 2.65. The van der Waals surface area contributed by atoms with E-state index in [1.54, 1.807) is 18.5 Å². The van der Waals surface area contributed by atoms with E-state index in [9.17, 15) is 20.2 Å². The first kappa shape index (κ1) is 17.0. The van der Waals surface area contributed by atoms with Crippen molar-refractivity contribution >= 4 is 22.1 Å². The fourth-order valence-electron chi connectivity index (χ4n) is 2.61. The highest BCUT2D eigenvalue weighted by molar-refractivity contribution is 5.86. The van der Waals surface area contributed by atoms with Crippen LogP contribution in [-0.4, -0.2) is 16.5 Å². The molecular formula is C18H14N3O5+. The minimum Gasteiger partial charge on any atom is -0.483 e. The number of aromatic nitrogens is 1. The summed E-state index contributed by atoms with van der Waals surface area (Å²) in [7, 11) is 0. The molecule has 26 heavy (non-hydrogen) atoms. The predicted octanol–water partition coefficient (Wildman–Crippen LogP) is 3.50. The van der Waals surface area contributed by atoms with Gasteiger partial charge in [-0.3, -0.25) is 20.2 Å². The minimum atomic E-state index is -0.666. The van der Waals surface area contributed by atoms with Crippen LogP contribution in [-0.2, 0) is 0 Å². The molecule has 0 spiro atoms. The van der Waals surface area contributed by atoms with Crippen LogP contribution >= 0.6 is 0 Å². The molecule has 8 nitrogen and oxygen atoms in total. The summed E-state index contributed by atoms with van der Waals surface area (Å²) in [6, 6.07) is 11.0. The summed E-state index contributed by atoms with van der Waals surface area (Å²) in [6.45, 7) is 3.89. The second-order valence-corrected chi connectivity index (χ2v) is 5.40. The second kappa shape index (κ2) is 6.98. The molecule has 0 N–H and O–H groups in total. The lowest BCUT2D eigenvalue weighted by atomic mass is 10.1. The average molecular weight is 352 g/mol. The Morgan fingerprint density at radius 3 is 2.54 bits per heavy atom. The maximum Gasteiger partial charge on any atom is 0.347 e. The molecule has 1 aromatic heterocycles. The Bertz CT molecular complexity index is 1030. The van der Waals surface area contributed by atoms with E-state index in [2.05, 4.69) is 6.58 Å². The zero-order chi connectivity index (χ0) is 18.7. The zero-order valence-electron chi connectivity index (χ0n) is 13.6. The molecule has 0 saturated carbocycles. The lowest BCUT2D eigenvalue weighted by molar-refractivity contribution is -0.599. The van der Waals surface area contributed by atoms with Crippen molar-refractivity contribution in [2.75, 3.05) is 6.61 Å². The van der Waals surface area contributed by atoms with Gasteiger partial charge >= 0.3 is 5.69 Å². The molecular weight excluding hydrogens is 338 g/mol. The van der Waals surface area contributed by atoms with Crippen molar-refractivity contribution in [1.29, 1.82) is 0 Å². The zero-order valence-corrected chi connectivity index (χ0v) is 13.6. The molecule has 8 heteroatoms. The van der Waals surface area contributed by atoms with Crippen molar-refractivity contribution in [3.63, 3.8) is 0 Å². The third-order valence-corrected chi connectivity index (χ3v) is 3.76. The lowest BCUT2D eigenvalue weighted by Crippen LogP contribution is -2.31. The molecule has 0 aliphatic rings. The number of hydrogen-bond donors (Lipinski definition) is 0. The van der Waals surface area contributed by atoms with Gasteiger partial charge in [0.25, 0.3) is 11.4 Å². The van der Waals surface area contributed by atoms with Gasteiger partial charge in [0.1, 0.15) is 12.7 Å². The van der Waals surface area contributed by atoms with E-state index < -0.39 is 9.85 Å². The minimum absolute atomic E-state index is 0.204. The maximum absolute atomic E-state index is 11.4. The van der Waals surface area contributed by atoms with Gasteiger partial charge in [-0.15, -0.1) is 0 Å². The molecule has 0 bridgehead atoms. The van der Waals surface area contributed by atoms with Gasteiger partial charge in [-0.2, -0.15) is 4.57 Å². The summed E-state index contributed by atoms with van der Waals surface area (Å²) in [5.41, 5.74) is -0.506. The van der Waals surface area contributed by atoms with E-state index in [-0.39, 0.29) is 23.7 Å². The molecule has 0 atom stereocenters. The first-order valence-electron chi connectivity index (χ1n) is 7.62. The summed E-state index contributed by atoms with van der Waals surface area (Å²) in [5.74, 6) is 0.524. The van der Waals surface area contributed by atoms with Crippen LogP contribution in [0.15, 0.2) is 67.5 Å². The molecule has 0 aliphatic heterocycles. The summed E-state index contributed by atoms with van der Waals surface area (Å²) < 4.78 is 7.21. The number of ether oxygens (including phenoxy) is 1.